The van der Waals surface area contributed by atoms with Gasteiger partial charge in [0.25, 0.3) is 0 Å². The number of rotatable bonds is 18. The van der Waals surface area contributed by atoms with Gasteiger partial charge in [-0.2, -0.15) is 0 Å². The van der Waals surface area contributed by atoms with Gasteiger partial charge in [0.05, 0.1) is 6.61 Å². The Kier molecular flexibility index (Phi) is 10.6. The van der Waals surface area contributed by atoms with Crippen molar-refractivity contribution in [3.63, 3.8) is 0 Å². The maximum Gasteiger partial charge on any atom is 0.127 e. The third-order valence-corrected chi connectivity index (χ3v) is 7.74. The molecule has 4 rings (SSSR count). The fourth-order valence-electron chi connectivity index (χ4n) is 5.67. The molecule has 0 radical (unpaired) electrons. The first kappa shape index (κ1) is 25.8. The molecule has 4 aromatic carbocycles. The minimum atomic E-state index is 0.822. The second kappa shape index (κ2) is 14.3. The lowest BCUT2D eigenvalue weighted by Gasteiger charge is -2.14. The molecule has 188 valence electrons. The maximum absolute atomic E-state index is 6.28. The molecule has 0 aromatic heterocycles. The third-order valence-electron chi connectivity index (χ3n) is 7.74. The number of benzene rings is 4. The van der Waals surface area contributed by atoms with Crippen LogP contribution in [0.15, 0.2) is 54.6 Å². The minimum absolute atomic E-state index is 0.822. The van der Waals surface area contributed by atoms with Crippen molar-refractivity contribution in [3.05, 3.63) is 54.6 Å². The van der Waals surface area contributed by atoms with Gasteiger partial charge >= 0.3 is 0 Å². The molecule has 0 aliphatic carbocycles. The summed E-state index contributed by atoms with van der Waals surface area (Å²) >= 11 is 0. The number of ether oxygens (including phenoxy) is 1. The van der Waals surface area contributed by atoms with Crippen molar-refractivity contribution < 1.29 is 4.74 Å². The van der Waals surface area contributed by atoms with E-state index in [1.54, 1.807) is 0 Å². The van der Waals surface area contributed by atoms with Crippen LogP contribution >= 0.6 is 0 Å². The van der Waals surface area contributed by atoms with Crippen LogP contribution in [0.3, 0.4) is 0 Å². The van der Waals surface area contributed by atoms with E-state index in [0.29, 0.717) is 0 Å². The SMILES string of the molecule is CCCCCCCCCCCCCCCCCCOc1ccc2ccc3cccc4ccc1c2c34. The molecule has 4 aromatic rings. The van der Waals surface area contributed by atoms with Gasteiger partial charge in [0, 0.05) is 10.8 Å². The molecule has 0 atom stereocenters. The first-order valence-corrected chi connectivity index (χ1v) is 14.7. The molecule has 1 nitrogen and oxygen atoms in total. The molecule has 0 spiro atoms. The van der Waals surface area contributed by atoms with Crippen LogP contribution in [-0.2, 0) is 0 Å². The molecular formula is C34H46O. The molecule has 0 unspecified atom stereocenters. The zero-order valence-corrected chi connectivity index (χ0v) is 22.1. The number of hydrogen-bond acceptors (Lipinski definition) is 1. The zero-order chi connectivity index (χ0) is 24.1. The summed E-state index contributed by atoms with van der Waals surface area (Å²) in [5.41, 5.74) is 0. The van der Waals surface area contributed by atoms with E-state index >= 15 is 0 Å². The molecular weight excluding hydrogens is 424 g/mol. The second-order valence-corrected chi connectivity index (χ2v) is 10.6. The smallest absolute Gasteiger partial charge is 0.127 e. The first-order valence-electron chi connectivity index (χ1n) is 14.7. The van der Waals surface area contributed by atoms with Gasteiger partial charge in [-0.3, -0.25) is 0 Å². The third kappa shape index (κ3) is 7.35. The largest absolute Gasteiger partial charge is 0.493 e. The van der Waals surface area contributed by atoms with Crippen molar-refractivity contribution in [1.29, 1.82) is 0 Å². The van der Waals surface area contributed by atoms with E-state index in [9.17, 15) is 0 Å². The van der Waals surface area contributed by atoms with Crippen LogP contribution in [0.4, 0.5) is 0 Å². The van der Waals surface area contributed by atoms with Crippen molar-refractivity contribution in [2.75, 3.05) is 6.61 Å². The van der Waals surface area contributed by atoms with Crippen LogP contribution in [0.25, 0.3) is 32.3 Å². The Balaban J connectivity index is 1.07. The predicted octanol–water partition coefficient (Wildman–Crippen LogP) is 11.2. The maximum atomic E-state index is 6.28. The summed E-state index contributed by atoms with van der Waals surface area (Å²) in [6.45, 7) is 3.12. The zero-order valence-electron chi connectivity index (χ0n) is 22.1. The van der Waals surface area contributed by atoms with Crippen molar-refractivity contribution in [1.82, 2.24) is 0 Å². The van der Waals surface area contributed by atoms with E-state index in [-0.39, 0.29) is 0 Å². The van der Waals surface area contributed by atoms with Crippen LogP contribution in [0.5, 0.6) is 5.75 Å². The number of unbranched alkanes of at least 4 members (excludes halogenated alkanes) is 15. The second-order valence-electron chi connectivity index (χ2n) is 10.6. The van der Waals surface area contributed by atoms with Crippen molar-refractivity contribution in [2.45, 2.75) is 110 Å². The monoisotopic (exact) mass is 470 g/mol. The molecule has 0 saturated heterocycles. The van der Waals surface area contributed by atoms with Crippen LogP contribution < -0.4 is 4.74 Å². The lowest BCUT2D eigenvalue weighted by Crippen LogP contribution is -1.98. The summed E-state index contributed by atoms with van der Waals surface area (Å²) in [4.78, 5) is 0. The molecule has 0 amide bonds. The summed E-state index contributed by atoms with van der Waals surface area (Å²) in [5, 5.41) is 7.91. The molecule has 0 N–H and O–H groups in total. The fraction of sp³-hybridized carbons (Fsp3) is 0.529. The van der Waals surface area contributed by atoms with E-state index in [2.05, 4.69) is 61.5 Å². The van der Waals surface area contributed by atoms with Gasteiger partial charge in [-0.25, -0.2) is 0 Å². The average Bonchev–Trinajstić information content (AvgIpc) is 2.89. The minimum Gasteiger partial charge on any atom is -0.493 e. The summed E-state index contributed by atoms with van der Waals surface area (Å²) in [6, 6.07) is 19.9. The molecule has 0 aliphatic heterocycles. The Morgan fingerprint density at radius 2 is 0.914 bits per heavy atom. The Bertz CT molecular complexity index is 1110. The molecule has 0 bridgehead atoms. The normalized spacial score (nSPS) is 11.8. The van der Waals surface area contributed by atoms with E-state index in [0.717, 1.165) is 18.8 Å². The highest BCUT2D eigenvalue weighted by Gasteiger charge is 2.11. The van der Waals surface area contributed by atoms with Crippen LogP contribution in [0.2, 0.25) is 0 Å². The van der Waals surface area contributed by atoms with Gasteiger partial charge in [0.15, 0.2) is 0 Å². The summed E-state index contributed by atoms with van der Waals surface area (Å²) in [5.74, 6) is 1.04. The summed E-state index contributed by atoms with van der Waals surface area (Å²) in [6.07, 6.45) is 22.4. The highest BCUT2D eigenvalue weighted by Crippen LogP contribution is 2.38. The molecule has 0 heterocycles. The molecule has 0 fully saturated rings. The van der Waals surface area contributed by atoms with Crippen LogP contribution in [0, 0.1) is 0 Å². The summed E-state index contributed by atoms with van der Waals surface area (Å²) < 4.78 is 6.28. The Labute approximate surface area is 213 Å². The average molecular weight is 471 g/mol. The first-order chi connectivity index (χ1) is 17.4. The number of hydrogen-bond donors (Lipinski definition) is 0. The highest BCUT2D eigenvalue weighted by molar-refractivity contribution is 6.24. The van der Waals surface area contributed by atoms with E-state index in [1.165, 1.54) is 129 Å². The topological polar surface area (TPSA) is 9.23 Å². The molecule has 0 saturated carbocycles. The van der Waals surface area contributed by atoms with Gasteiger partial charge in [-0.1, -0.05) is 146 Å². The quantitative estimate of drug-likeness (QED) is 0.104. The van der Waals surface area contributed by atoms with Crippen LogP contribution in [0.1, 0.15) is 110 Å². The van der Waals surface area contributed by atoms with Gasteiger partial charge in [-0.15, -0.1) is 0 Å². The van der Waals surface area contributed by atoms with Crippen molar-refractivity contribution in [2.24, 2.45) is 0 Å². The van der Waals surface area contributed by atoms with Gasteiger partial charge in [-0.05, 0) is 40.1 Å². The van der Waals surface area contributed by atoms with Gasteiger partial charge < -0.3 is 4.74 Å². The predicted molar refractivity (Wildman–Crippen MR) is 155 cm³/mol. The van der Waals surface area contributed by atoms with E-state index in [4.69, 9.17) is 4.74 Å². The Morgan fingerprint density at radius 3 is 1.49 bits per heavy atom. The lowest BCUT2D eigenvalue weighted by molar-refractivity contribution is 0.307. The Morgan fingerprint density at radius 1 is 0.457 bits per heavy atom. The lowest BCUT2D eigenvalue weighted by atomic mass is 9.94. The summed E-state index contributed by atoms with van der Waals surface area (Å²) in [7, 11) is 0. The van der Waals surface area contributed by atoms with E-state index < -0.39 is 0 Å². The molecule has 35 heavy (non-hydrogen) atoms. The van der Waals surface area contributed by atoms with Crippen molar-refractivity contribution >= 4 is 32.3 Å². The highest BCUT2D eigenvalue weighted by atomic mass is 16.5. The standard InChI is InChI=1S/C34H46O/c1-2-3-4-5-6-7-8-9-10-11-12-13-14-15-16-17-27-35-32-26-24-30-22-21-28-19-18-20-29-23-25-31(32)34(30)33(28)29/h18-26H,2-17,27H2,1H3. The van der Waals surface area contributed by atoms with Crippen molar-refractivity contribution in [3.8, 4) is 5.75 Å². The van der Waals surface area contributed by atoms with Gasteiger partial charge in [0.1, 0.15) is 5.75 Å². The van der Waals surface area contributed by atoms with E-state index in [1.807, 2.05) is 0 Å². The van der Waals surface area contributed by atoms with Crippen LogP contribution in [-0.4, -0.2) is 6.61 Å². The fourth-order valence-corrected chi connectivity index (χ4v) is 5.67. The van der Waals surface area contributed by atoms with Gasteiger partial charge in [0.2, 0.25) is 0 Å². The Hall–Kier alpha value is -2.28. The molecule has 1 heteroatoms. The molecule has 0 aliphatic rings.